The van der Waals surface area contributed by atoms with Gasteiger partial charge < -0.3 is 15.5 Å². The molecule has 5 heteroatoms. The summed E-state index contributed by atoms with van der Waals surface area (Å²) >= 11 is 0. The van der Waals surface area contributed by atoms with Crippen LogP contribution >= 0.6 is 0 Å². The third-order valence-electron chi connectivity index (χ3n) is 3.18. The van der Waals surface area contributed by atoms with Gasteiger partial charge in [-0.2, -0.15) is 0 Å². The van der Waals surface area contributed by atoms with Crippen molar-refractivity contribution in [3.05, 3.63) is 0 Å². The van der Waals surface area contributed by atoms with E-state index in [-0.39, 0.29) is 5.91 Å². The van der Waals surface area contributed by atoms with Gasteiger partial charge in [-0.1, -0.05) is 0 Å². The Balaban J connectivity index is 1.97. The average molecular weight is 242 g/mol. The maximum Gasteiger partial charge on any atom is 0.220 e. The van der Waals surface area contributed by atoms with Crippen LogP contribution in [0.3, 0.4) is 0 Å². The number of hydrogen-bond acceptors (Lipinski definition) is 4. The Kier molecular flexibility index (Phi) is 7.16. The lowest BCUT2D eigenvalue weighted by Gasteiger charge is -2.32. The zero-order chi connectivity index (χ0) is 12.5. The molecule has 1 aliphatic rings. The molecule has 1 amide bonds. The number of nitrogens with zero attached hydrogens (tertiary/aromatic N) is 2. The van der Waals surface area contributed by atoms with E-state index in [4.69, 9.17) is 0 Å². The van der Waals surface area contributed by atoms with Crippen LogP contribution in [0.25, 0.3) is 0 Å². The molecule has 0 radical (unpaired) electrons. The molecule has 1 heterocycles. The van der Waals surface area contributed by atoms with Crippen molar-refractivity contribution in [1.29, 1.82) is 0 Å². The highest BCUT2D eigenvalue weighted by molar-refractivity contribution is 5.75. The summed E-state index contributed by atoms with van der Waals surface area (Å²) in [5.41, 5.74) is 0. The lowest BCUT2D eigenvalue weighted by Crippen LogP contribution is -2.46. The van der Waals surface area contributed by atoms with E-state index in [0.29, 0.717) is 6.42 Å². The molecule has 5 nitrogen and oxygen atoms in total. The van der Waals surface area contributed by atoms with Crippen LogP contribution < -0.4 is 10.6 Å². The van der Waals surface area contributed by atoms with Crippen molar-refractivity contribution < 1.29 is 4.79 Å². The number of carbonyl (C=O) groups is 1. The first-order valence-electron chi connectivity index (χ1n) is 6.54. The van der Waals surface area contributed by atoms with Crippen molar-refractivity contribution in [2.45, 2.75) is 12.8 Å². The van der Waals surface area contributed by atoms with Gasteiger partial charge >= 0.3 is 0 Å². The molecule has 0 atom stereocenters. The highest BCUT2D eigenvalue weighted by Crippen LogP contribution is 1.97. The van der Waals surface area contributed by atoms with Gasteiger partial charge in [0.15, 0.2) is 0 Å². The van der Waals surface area contributed by atoms with Crippen LogP contribution in [0.2, 0.25) is 0 Å². The van der Waals surface area contributed by atoms with Crippen molar-refractivity contribution in [3.8, 4) is 0 Å². The Bertz CT molecular complexity index is 215. The molecule has 0 aliphatic carbocycles. The molecule has 0 saturated carbocycles. The van der Waals surface area contributed by atoms with Crippen LogP contribution in [-0.4, -0.2) is 75.6 Å². The summed E-state index contributed by atoms with van der Waals surface area (Å²) in [6, 6.07) is 0. The predicted molar refractivity (Wildman–Crippen MR) is 70.1 cm³/mol. The highest BCUT2D eigenvalue weighted by Gasteiger charge is 2.13. The first-order valence-corrected chi connectivity index (χ1v) is 6.54. The normalized spacial score (nSPS) is 18.2. The van der Waals surface area contributed by atoms with Crippen molar-refractivity contribution in [2.24, 2.45) is 0 Å². The number of rotatable bonds is 7. The second-order valence-electron chi connectivity index (χ2n) is 4.70. The summed E-state index contributed by atoms with van der Waals surface area (Å²) in [6.07, 6.45) is 1.54. The third-order valence-corrected chi connectivity index (χ3v) is 3.18. The monoisotopic (exact) mass is 242 g/mol. The number of piperazine rings is 1. The zero-order valence-electron chi connectivity index (χ0n) is 11.2. The summed E-state index contributed by atoms with van der Waals surface area (Å²) in [6.45, 7) is 7.17. The topological polar surface area (TPSA) is 47.6 Å². The summed E-state index contributed by atoms with van der Waals surface area (Å²) in [5.74, 6) is 0.175. The van der Waals surface area contributed by atoms with Gasteiger partial charge in [0.25, 0.3) is 0 Å². The number of likely N-dealkylation sites (N-methyl/N-ethyl adjacent to an activating group) is 1. The number of hydrogen-bond donors (Lipinski definition) is 2. The van der Waals surface area contributed by atoms with Gasteiger partial charge in [0.05, 0.1) is 0 Å². The Morgan fingerprint density at radius 3 is 2.53 bits per heavy atom. The van der Waals surface area contributed by atoms with E-state index in [0.717, 1.165) is 52.2 Å². The maximum absolute atomic E-state index is 11.4. The summed E-state index contributed by atoms with van der Waals surface area (Å²) in [5, 5.41) is 6.02. The fraction of sp³-hybridized carbons (Fsp3) is 0.917. The van der Waals surface area contributed by atoms with E-state index in [9.17, 15) is 4.79 Å². The molecule has 1 saturated heterocycles. The van der Waals surface area contributed by atoms with Crippen LogP contribution in [0.15, 0.2) is 0 Å². The second kappa shape index (κ2) is 8.44. The van der Waals surface area contributed by atoms with Gasteiger partial charge in [0.2, 0.25) is 5.91 Å². The molecule has 1 aliphatic heterocycles. The quantitative estimate of drug-likeness (QED) is 0.583. The first kappa shape index (κ1) is 14.4. The van der Waals surface area contributed by atoms with Crippen LogP contribution in [0, 0.1) is 0 Å². The second-order valence-corrected chi connectivity index (χ2v) is 4.70. The molecule has 0 aromatic rings. The third kappa shape index (κ3) is 6.61. The van der Waals surface area contributed by atoms with E-state index in [2.05, 4.69) is 27.5 Å². The molecule has 0 spiro atoms. The molecule has 0 bridgehead atoms. The fourth-order valence-electron chi connectivity index (χ4n) is 1.94. The molecule has 2 N–H and O–H groups in total. The largest absolute Gasteiger partial charge is 0.355 e. The molecule has 0 unspecified atom stereocenters. The Morgan fingerprint density at radius 1 is 1.18 bits per heavy atom. The van der Waals surface area contributed by atoms with Crippen molar-refractivity contribution in [2.75, 3.05) is 59.9 Å². The van der Waals surface area contributed by atoms with Gasteiger partial charge in [-0.3, -0.25) is 9.69 Å². The lowest BCUT2D eigenvalue weighted by atomic mass is 10.3. The fourth-order valence-corrected chi connectivity index (χ4v) is 1.94. The minimum atomic E-state index is 0.175. The highest BCUT2D eigenvalue weighted by atomic mass is 16.1. The van der Waals surface area contributed by atoms with E-state index in [1.807, 2.05) is 7.05 Å². The molecular weight excluding hydrogens is 216 g/mol. The number of nitrogens with one attached hydrogen (secondary N) is 2. The lowest BCUT2D eigenvalue weighted by molar-refractivity contribution is -0.121. The Hall–Kier alpha value is -0.650. The van der Waals surface area contributed by atoms with Crippen LogP contribution in [0.5, 0.6) is 0 Å². The minimum Gasteiger partial charge on any atom is -0.355 e. The van der Waals surface area contributed by atoms with Gasteiger partial charge in [0, 0.05) is 45.7 Å². The number of amides is 1. The molecule has 100 valence electrons. The van der Waals surface area contributed by atoms with Gasteiger partial charge in [-0.15, -0.1) is 0 Å². The molecule has 1 rings (SSSR count). The van der Waals surface area contributed by atoms with Gasteiger partial charge in [-0.25, -0.2) is 0 Å². The predicted octanol–water partition coefficient (Wildman–Crippen LogP) is -0.650. The van der Waals surface area contributed by atoms with Crippen molar-refractivity contribution in [3.63, 3.8) is 0 Å². The Labute approximate surface area is 105 Å². The van der Waals surface area contributed by atoms with Crippen molar-refractivity contribution in [1.82, 2.24) is 20.4 Å². The van der Waals surface area contributed by atoms with E-state index >= 15 is 0 Å². The van der Waals surface area contributed by atoms with Crippen LogP contribution in [0.4, 0.5) is 0 Å². The smallest absolute Gasteiger partial charge is 0.220 e. The van der Waals surface area contributed by atoms with Crippen LogP contribution in [0.1, 0.15) is 12.8 Å². The molecular formula is C12H26N4O. The molecule has 0 aromatic heterocycles. The minimum absolute atomic E-state index is 0.175. The van der Waals surface area contributed by atoms with Crippen LogP contribution in [-0.2, 0) is 4.79 Å². The summed E-state index contributed by atoms with van der Waals surface area (Å²) < 4.78 is 0. The number of carbonyl (C=O) groups excluding carboxylic acids is 1. The van der Waals surface area contributed by atoms with Gasteiger partial charge in [-0.05, 0) is 27.1 Å². The SMILES string of the molecule is CNCCCC(=O)NCCN1CCN(C)CC1. The standard InChI is InChI=1S/C12H26N4O/c1-13-5-3-4-12(17)14-6-7-16-10-8-15(2)9-11-16/h13H,3-11H2,1-2H3,(H,14,17). The van der Waals surface area contributed by atoms with E-state index < -0.39 is 0 Å². The van der Waals surface area contributed by atoms with Gasteiger partial charge in [0.1, 0.15) is 0 Å². The summed E-state index contributed by atoms with van der Waals surface area (Å²) in [4.78, 5) is 16.2. The zero-order valence-corrected chi connectivity index (χ0v) is 11.2. The molecule has 0 aromatic carbocycles. The van der Waals surface area contributed by atoms with E-state index in [1.54, 1.807) is 0 Å². The van der Waals surface area contributed by atoms with Crippen molar-refractivity contribution >= 4 is 5.91 Å². The average Bonchev–Trinajstić information content (AvgIpc) is 2.32. The maximum atomic E-state index is 11.4. The molecule has 1 fully saturated rings. The molecule has 17 heavy (non-hydrogen) atoms. The summed E-state index contributed by atoms with van der Waals surface area (Å²) in [7, 11) is 4.06. The first-order chi connectivity index (χ1) is 8.22. The Morgan fingerprint density at radius 2 is 1.88 bits per heavy atom. The van der Waals surface area contributed by atoms with E-state index in [1.165, 1.54) is 0 Å².